The molecule has 1 heterocycles. The third-order valence-corrected chi connectivity index (χ3v) is 2.98. The zero-order valence-electron chi connectivity index (χ0n) is 9.71. The molecule has 1 rings (SSSR count). The topological polar surface area (TPSA) is 29.5 Å². The lowest BCUT2D eigenvalue weighted by molar-refractivity contribution is 0.0264. The predicted molar refractivity (Wildman–Crippen MR) is 68.9 cm³/mol. The molecule has 1 atom stereocenters. The molecule has 0 unspecified atom stereocenters. The summed E-state index contributed by atoms with van der Waals surface area (Å²) in [6.45, 7) is 7.69. The minimum Gasteiger partial charge on any atom is -0.443 e. The number of nitrogens with zero attached hydrogens (tertiary/aromatic N) is 1. The van der Waals surface area contributed by atoms with Gasteiger partial charge in [0.15, 0.2) is 0 Å². The first-order chi connectivity index (χ1) is 6.79. The van der Waals surface area contributed by atoms with Crippen molar-refractivity contribution in [1.82, 2.24) is 4.90 Å². The van der Waals surface area contributed by atoms with Crippen molar-refractivity contribution in [3.05, 3.63) is 9.78 Å². The Morgan fingerprint density at radius 2 is 2.20 bits per heavy atom. The minimum absolute atomic E-state index is 0.235. The first-order valence-electron chi connectivity index (χ1n) is 5.17. The summed E-state index contributed by atoms with van der Waals surface area (Å²) in [5.74, 6) is 0. The number of allylic oxidation sites excluding steroid dienone is 1. The van der Waals surface area contributed by atoms with E-state index in [0.717, 1.165) is 12.8 Å². The number of carbonyl (C=O) groups is 1. The molecule has 0 fully saturated rings. The fourth-order valence-electron chi connectivity index (χ4n) is 1.38. The maximum Gasteiger partial charge on any atom is 0.414 e. The van der Waals surface area contributed by atoms with Gasteiger partial charge >= 0.3 is 6.09 Å². The SMILES string of the molecule is C[C@@H]1CCC(I)=CN1C(=O)OC(C)(C)C. The maximum atomic E-state index is 11.8. The second-order valence-corrected chi connectivity index (χ2v) is 6.24. The van der Waals surface area contributed by atoms with E-state index in [4.69, 9.17) is 4.74 Å². The number of carbonyl (C=O) groups excluding carboxylic acids is 1. The van der Waals surface area contributed by atoms with Crippen LogP contribution >= 0.6 is 22.6 Å². The van der Waals surface area contributed by atoms with Crippen molar-refractivity contribution in [3.8, 4) is 0 Å². The molecule has 15 heavy (non-hydrogen) atoms. The van der Waals surface area contributed by atoms with Gasteiger partial charge in [0, 0.05) is 15.8 Å². The van der Waals surface area contributed by atoms with Gasteiger partial charge in [-0.1, -0.05) is 0 Å². The molecule has 0 spiro atoms. The van der Waals surface area contributed by atoms with Crippen molar-refractivity contribution in [1.29, 1.82) is 0 Å². The fourth-order valence-corrected chi connectivity index (χ4v) is 1.99. The van der Waals surface area contributed by atoms with Gasteiger partial charge in [-0.3, -0.25) is 4.90 Å². The molecule has 0 N–H and O–H groups in total. The number of rotatable bonds is 0. The molecular weight excluding hydrogens is 305 g/mol. The molecule has 4 heteroatoms. The molecule has 0 aromatic rings. The van der Waals surface area contributed by atoms with Gasteiger partial charge in [0.2, 0.25) is 0 Å². The summed E-state index contributed by atoms with van der Waals surface area (Å²) >= 11 is 2.26. The van der Waals surface area contributed by atoms with Crippen LogP contribution in [0.1, 0.15) is 40.5 Å². The van der Waals surface area contributed by atoms with Gasteiger partial charge in [0.1, 0.15) is 5.60 Å². The van der Waals surface area contributed by atoms with Crippen LogP contribution in [-0.2, 0) is 4.74 Å². The molecule has 0 saturated heterocycles. The third kappa shape index (κ3) is 4.01. The van der Waals surface area contributed by atoms with Crippen molar-refractivity contribution in [3.63, 3.8) is 0 Å². The lowest BCUT2D eigenvalue weighted by Gasteiger charge is -2.32. The van der Waals surface area contributed by atoms with Gasteiger partial charge in [-0.2, -0.15) is 0 Å². The number of amides is 1. The molecule has 86 valence electrons. The zero-order valence-corrected chi connectivity index (χ0v) is 11.9. The van der Waals surface area contributed by atoms with Crippen molar-refractivity contribution in [2.75, 3.05) is 0 Å². The van der Waals surface area contributed by atoms with Crippen LogP contribution in [-0.4, -0.2) is 22.6 Å². The molecule has 0 aromatic heterocycles. The van der Waals surface area contributed by atoms with Gasteiger partial charge in [0.05, 0.1) is 0 Å². The normalized spacial score (nSPS) is 22.3. The van der Waals surface area contributed by atoms with E-state index in [2.05, 4.69) is 22.6 Å². The fraction of sp³-hybridized carbons (Fsp3) is 0.727. The lowest BCUT2D eigenvalue weighted by atomic mass is 10.1. The second kappa shape index (κ2) is 4.72. The summed E-state index contributed by atoms with van der Waals surface area (Å²) in [5, 5.41) is 0. The van der Waals surface area contributed by atoms with Crippen LogP contribution in [0.2, 0.25) is 0 Å². The molecule has 1 amide bonds. The van der Waals surface area contributed by atoms with Gasteiger partial charge in [-0.15, -0.1) is 0 Å². The molecule has 0 radical (unpaired) electrons. The Morgan fingerprint density at radius 1 is 1.60 bits per heavy atom. The summed E-state index contributed by atoms with van der Waals surface area (Å²) < 4.78 is 6.54. The van der Waals surface area contributed by atoms with Crippen LogP contribution in [0, 0.1) is 0 Å². The predicted octanol–water partition coefficient (Wildman–Crippen LogP) is 3.68. The van der Waals surface area contributed by atoms with Crippen LogP contribution < -0.4 is 0 Å². The summed E-state index contributed by atoms with van der Waals surface area (Å²) in [5.41, 5.74) is -0.423. The maximum absolute atomic E-state index is 11.8. The molecule has 0 bridgehead atoms. The van der Waals surface area contributed by atoms with E-state index in [1.807, 2.05) is 33.9 Å². The Kier molecular flexibility index (Phi) is 4.03. The van der Waals surface area contributed by atoms with E-state index < -0.39 is 5.60 Å². The Morgan fingerprint density at radius 3 is 2.73 bits per heavy atom. The number of ether oxygens (including phenoxy) is 1. The van der Waals surface area contributed by atoms with Crippen LogP contribution in [0.15, 0.2) is 9.78 Å². The summed E-state index contributed by atoms with van der Waals surface area (Å²) in [7, 11) is 0. The molecule has 1 aliphatic rings. The second-order valence-electron chi connectivity index (χ2n) is 4.85. The number of halogens is 1. The van der Waals surface area contributed by atoms with Crippen molar-refractivity contribution in [2.45, 2.75) is 52.2 Å². The minimum atomic E-state index is -0.423. The van der Waals surface area contributed by atoms with E-state index in [-0.39, 0.29) is 12.1 Å². The van der Waals surface area contributed by atoms with Crippen molar-refractivity contribution < 1.29 is 9.53 Å². The van der Waals surface area contributed by atoms with Crippen LogP contribution in [0.5, 0.6) is 0 Å². The molecular formula is C11H18INO2. The van der Waals surface area contributed by atoms with Crippen molar-refractivity contribution >= 4 is 28.7 Å². The molecule has 0 aliphatic carbocycles. The number of hydrogen-bond acceptors (Lipinski definition) is 2. The zero-order chi connectivity index (χ0) is 11.6. The van der Waals surface area contributed by atoms with E-state index in [1.54, 1.807) is 4.90 Å². The standard InChI is InChI=1S/C11H18INO2/c1-8-5-6-9(12)7-13(8)10(14)15-11(2,3)4/h7-8H,5-6H2,1-4H3/t8-/m1/s1. The molecule has 0 aromatic carbocycles. The third-order valence-electron chi connectivity index (χ3n) is 2.16. The Bertz CT molecular complexity index is 281. The first-order valence-corrected chi connectivity index (χ1v) is 6.25. The summed E-state index contributed by atoms with van der Waals surface area (Å²) in [4.78, 5) is 13.5. The molecule has 3 nitrogen and oxygen atoms in total. The smallest absolute Gasteiger partial charge is 0.414 e. The highest BCUT2D eigenvalue weighted by Crippen LogP contribution is 2.26. The lowest BCUT2D eigenvalue weighted by Crippen LogP contribution is -2.40. The summed E-state index contributed by atoms with van der Waals surface area (Å²) in [6.07, 6.45) is 3.71. The van der Waals surface area contributed by atoms with Crippen molar-refractivity contribution in [2.24, 2.45) is 0 Å². The Labute approximate surface area is 105 Å². The molecule has 1 aliphatic heterocycles. The Hall–Kier alpha value is -0.260. The van der Waals surface area contributed by atoms with Crippen LogP contribution in [0.4, 0.5) is 4.79 Å². The van der Waals surface area contributed by atoms with Gasteiger partial charge in [-0.05, 0) is 63.1 Å². The van der Waals surface area contributed by atoms with Crippen LogP contribution in [0.25, 0.3) is 0 Å². The Balaban J connectivity index is 2.70. The molecule has 0 saturated carbocycles. The largest absolute Gasteiger partial charge is 0.443 e. The average Bonchev–Trinajstić information content (AvgIpc) is 2.06. The van der Waals surface area contributed by atoms with E-state index >= 15 is 0 Å². The highest BCUT2D eigenvalue weighted by Gasteiger charge is 2.27. The van der Waals surface area contributed by atoms with E-state index in [1.165, 1.54) is 3.58 Å². The highest BCUT2D eigenvalue weighted by molar-refractivity contribution is 14.1. The number of hydrogen-bond donors (Lipinski definition) is 0. The van der Waals surface area contributed by atoms with Crippen LogP contribution in [0.3, 0.4) is 0 Å². The van der Waals surface area contributed by atoms with Gasteiger partial charge < -0.3 is 4.74 Å². The van der Waals surface area contributed by atoms with Gasteiger partial charge in [-0.25, -0.2) is 4.79 Å². The highest BCUT2D eigenvalue weighted by atomic mass is 127. The average molecular weight is 323 g/mol. The van der Waals surface area contributed by atoms with Gasteiger partial charge in [0.25, 0.3) is 0 Å². The quantitative estimate of drug-likeness (QED) is 0.637. The summed E-state index contributed by atoms with van der Waals surface area (Å²) in [6, 6.07) is 0.235. The van der Waals surface area contributed by atoms with E-state index in [0.29, 0.717) is 0 Å². The first kappa shape index (κ1) is 12.8. The monoisotopic (exact) mass is 323 g/mol. The van der Waals surface area contributed by atoms with E-state index in [9.17, 15) is 4.79 Å².